The van der Waals surface area contributed by atoms with E-state index in [1.807, 2.05) is 0 Å². The average molecular weight is 436 g/mol. The lowest BCUT2D eigenvalue weighted by molar-refractivity contribution is -0.0795. The van der Waals surface area contributed by atoms with Gasteiger partial charge in [-0.15, -0.1) is 0 Å². The molecule has 0 bridgehead atoms. The maximum atomic E-state index is 6.49. The lowest BCUT2D eigenvalue weighted by atomic mass is 10.0. The maximum absolute atomic E-state index is 6.49. The summed E-state index contributed by atoms with van der Waals surface area (Å²) in [4.78, 5) is 8.41. The molecule has 9 heteroatoms. The molecule has 3 heterocycles. The van der Waals surface area contributed by atoms with Gasteiger partial charge in [-0.2, -0.15) is 9.61 Å². The molecule has 2 aromatic heterocycles. The van der Waals surface area contributed by atoms with E-state index in [0.29, 0.717) is 32.1 Å². The summed E-state index contributed by atoms with van der Waals surface area (Å²) in [5, 5.41) is 4.36. The molecule has 174 valence electrons. The number of aromatic nitrogens is 4. The van der Waals surface area contributed by atoms with Gasteiger partial charge < -0.3 is 24.7 Å². The first-order valence-corrected chi connectivity index (χ1v) is 11.6. The molecule has 0 saturated carbocycles. The summed E-state index contributed by atoms with van der Waals surface area (Å²) < 4.78 is 26.6. The highest BCUT2D eigenvalue weighted by molar-refractivity contribution is 5.50. The Kier molecular flexibility index (Phi) is 9.45. The topological polar surface area (TPSA) is 106 Å². The lowest BCUT2D eigenvalue weighted by Gasteiger charge is -2.25. The van der Waals surface area contributed by atoms with E-state index in [1.165, 1.54) is 10.8 Å². The summed E-state index contributed by atoms with van der Waals surface area (Å²) in [6.07, 6.45) is 8.33. The molecule has 0 amide bonds. The number of nitrogens with two attached hydrogens (primary N) is 1. The zero-order chi connectivity index (χ0) is 22.1. The molecule has 1 aliphatic rings. The summed E-state index contributed by atoms with van der Waals surface area (Å²) in [6, 6.07) is 0. The maximum Gasteiger partial charge on any atom is 0.224 e. The molecule has 0 radical (unpaired) electrons. The fourth-order valence-electron chi connectivity index (χ4n) is 3.72. The van der Waals surface area contributed by atoms with Crippen molar-refractivity contribution in [1.82, 2.24) is 19.6 Å². The molecular weight excluding hydrogens is 398 g/mol. The quantitative estimate of drug-likeness (QED) is 0.450. The molecule has 1 saturated heterocycles. The first-order valence-electron chi connectivity index (χ1n) is 11.6. The first-order chi connectivity index (χ1) is 15.2. The lowest BCUT2D eigenvalue weighted by Crippen LogP contribution is -2.38. The third-order valence-electron chi connectivity index (χ3n) is 5.52. The molecule has 0 aromatic carbocycles. The number of hydrogen-bond acceptors (Lipinski definition) is 8. The second-order valence-corrected chi connectivity index (χ2v) is 7.97. The Balaban J connectivity index is 1.85. The van der Waals surface area contributed by atoms with Crippen molar-refractivity contribution in [2.45, 2.75) is 83.7 Å². The number of unbranched alkanes of at least 4 members (excludes halogenated alkanes) is 3. The van der Waals surface area contributed by atoms with E-state index in [-0.39, 0.29) is 30.4 Å². The van der Waals surface area contributed by atoms with Gasteiger partial charge in [0.2, 0.25) is 5.95 Å². The number of fused-ring (bicyclic) bond motifs is 1. The van der Waals surface area contributed by atoms with E-state index in [4.69, 9.17) is 24.7 Å². The van der Waals surface area contributed by atoms with Gasteiger partial charge in [0.1, 0.15) is 30.7 Å². The van der Waals surface area contributed by atoms with Crippen molar-refractivity contribution in [1.29, 1.82) is 0 Å². The predicted molar refractivity (Wildman–Crippen MR) is 118 cm³/mol. The average Bonchev–Trinajstić information content (AvgIpc) is 3.34. The van der Waals surface area contributed by atoms with Gasteiger partial charge in [0.15, 0.2) is 5.65 Å². The Morgan fingerprint density at radius 1 is 0.968 bits per heavy atom. The molecule has 1 aliphatic heterocycles. The molecule has 1 fully saturated rings. The van der Waals surface area contributed by atoms with Gasteiger partial charge in [0.05, 0.1) is 12.8 Å². The van der Waals surface area contributed by atoms with E-state index in [1.54, 1.807) is 6.20 Å². The Labute approximate surface area is 184 Å². The third-order valence-corrected chi connectivity index (χ3v) is 5.52. The molecule has 3 rings (SSSR count). The van der Waals surface area contributed by atoms with Crippen molar-refractivity contribution in [2.75, 3.05) is 32.2 Å². The number of hydrogen-bond donors (Lipinski definition) is 1. The van der Waals surface area contributed by atoms with Gasteiger partial charge in [0, 0.05) is 25.4 Å². The van der Waals surface area contributed by atoms with Crippen LogP contribution in [0.15, 0.2) is 12.5 Å². The minimum atomic E-state index is -0.366. The Morgan fingerprint density at radius 3 is 2.35 bits per heavy atom. The zero-order valence-corrected chi connectivity index (χ0v) is 19.0. The van der Waals surface area contributed by atoms with Gasteiger partial charge in [-0.25, -0.2) is 9.97 Å². The normalized spacial score (nSPS) is 23.7. The first kappa shape index (κ1) is 23.8. The van der Waals surface area contributed by atoms with Crippen molar-refractivity contribution in [3.63, 3.8) is 0 Å². The predicted octanol–water partition coefficient (Wildman–Crippen LogP) is 3.33. The van der Waals surface area contributed by atoms with Gasteiger partial charge in [-0.05, 0) is 19.3 Å². The number of nitrogens with zero attached hydrogens (tertiary/aromatic N) is 4. The minimum Gasteiger partial charge on any atom is -0.379 e. The molecule has 0 aliphatic carbocycles. The van der Waals surface area contributed by atoms with Crippen LogP contribution in [-0.2, 0) is 18.9 Å². The molecule has 4 atom stereocenters. The Bertz CT molecular complexity index is 786. The molecule has 0 unspecified atom stereocenters. The van der Waals surface area contributed by atoms with Crippen LogP contribution in [0.5, 0.6) is 0 Å². The minimum absolute atomic E-state index is 0.218. The SMILES string of the molecule is CCCCOC[C@H]1O[C@@H](c2cnn3c(N)ncnc23)[C@H](OCCCC)[C@@H]1OCCCC. The van der Waals surface area contributed by atoms with Gasteiger partial charge in [-0.3, -0.25) is 0 Å². The molecule has 2 N–H and O–H groups in total. The van der Waals surface area contributed by atoms with E-state index in [9.17, 15) is 0 Å². The van der Waals surface area contributed by atoms with Crippen LogP contribution in [0, 0.1) is 0 Å². The number of anilines is 1. The van der Waals surface area contributed by atoms with Crippen LogP contribution in [0.25, 0.3) is 5.65 Å². The summed E-state index contributed by atoms with van der Waals surface area (Å²) >= 11 is 0. The summed E-state index contributed by atoms with van der Waals surface area (Å²) in [7, 11) is 0. The van der Waals surface area contributed by atoms with Crippen LogP contribution in [0.1, 0.15) is 71.0 Å². The fourth-order valence-corrected chi connectivity index (χ4v) is 3.72. The highest BCUT2D eigenvalue weighted by atomic mass is 16.6. The van der Waals surface area contributed by atoms with Crippen molar-refractivity contribution >= 4 is 11.6 Å². The van der Waals surface area contributed by atoms with Crippen LogP contribution in [0.3, 0.4) is 0 Å². The van der Waals surface area contributed by atoms with Crippen LogP contribution < -0.4 is 5.73 Å². The van der Waals surface area contributed by atoms with Crippen LogP contribution in [-0.4, -0.2) is 64.3 Å². The molecule has 2 aromatic rings. The highest BCUT2D eigenvalue weighted by Gasteiger charge is 2.48. The number of rotatable bonds is 14. The summed E-state index contributed by atoms with van der Waals surface area (Å²) in [5.41, 5.74) is 7.42. The van der Waals surface area contributed by atoms with Crippen LogP contribution >= 0.6 is 0 Å². The third kappa shape index (κ3) is 5.91. The van der Waals surface area contributed by atoms with E-state index < -0.39 is 0 Å². The van der Waals surface area contributed by atoms with Crippen LogP contribution in [0.4, 0.5) is 5.95 Å². The largest absolute Gasteiger partial charge is 0.379 e. The second kappa shape index (κ2) is 12.3. The van der Waals surface area contributed by atoms with Crippen molar-refractivity contribution in [3.05, 3.63) is 18.1 Å². The fraction of sp³-hybridized carbons (Fsp3) is 0.773. The zero-order valence-electron chi connectivity index (χ0n) is 19.0. The number of nitrogen functional groups attached to an aromatic ring is 1. The standard InChI is InChI=1S/C22H37N5O4/c1-4-7-10-28-14-17-19(29-11-8-5-2)20(30-12-9-6-3)18(31-17)16-13-26-27-21(16)24-15-25-22(27)23/h13,15,17-20H,4-12,14H2,1-3H3,(H2,23,24,25)/t17-,18+,19-,20+/m1/s1. The smallest absolute Gasteiger partial charge is 0.224 e. The number of ether oxygens (including phenoxy) is 4. The van der Waals surface area contributed by atoms with Crippen molar-refractivity contribution in [3.8, 4) is 0 Å². The van der Waals surface area contributed by atoms with Crippen molar-refractivity contribution < 1.29 is 18.9 Å². The van der Waals surface area contributed by atoms with Crippen LogP contribution in [0.2, 0.25) is 0 Å². The Morgan fingerprint density at radius 2 is 1.65 bits per heavy atom. The Hall–Kier alpha value is -1.81. The molecule has 0 spiro atoms. The van der Waals surface area contributed by atoms with Crippen molar-refractivity contribution in [2.24, 2.45) is 0 Å². The second-order valence-electron chi connectivity index (χ2n) is 7.97. The van der Waals surface area contributed by atoms with E-state index in [2.05, 4.69) is 35.8 Å². The van der Waals surface area contributed by atoms with E-state index >= 15 is 0 Å². The summed E-state index contributed by atoms with van der Waals surface area (Å²) in [6.45, 7) is 8.95. The highest BCUT2D eigenvalue weighted by Crippen LogP contribution is 2.39. The van der Waals surface area contributed by atoms with Gasteiger partial charge >= 0.3 is 0 Å². The summed E-state index contributed by atoms with van der Waals surface area (Å²) in [5.74, 6) is 0.285. The molecular formula is C22H37N5O4. The van der Waals surface area contributed by atoms with E-state index in [0.717, 1.165) is 44.1 Å². The monoisotopic (exact) mass is 435 g/mol. The molecule has 31 heavy (non-hydrogen) atoms. The molecule has 9 nitrogen and oxygen atoms in total. The van der Waals surface area contributed by atoms with Gasteiger partial charge in [0.25, 0.3) is 0 Å². The van der Waals surface area contributed by atoms with Gasteiger partial charge in [-0.1, -0.05) is 40.0 Å².